The van der Waals surface area contributed by atoms with Crippen LogP contribution in [-0.4, -0.2) is 46.6 Å². The lowest BCUT2D eigenvalue weighted by atomic mass is 10.2. The van der Waals surface area contributed by atoms with Gasteiger partial charge in [0.05, 0.1) is 0 Å². The number of hydrogen-bond donors (Lipinski definition) is 1. The molecule has 0 radical (unpaired) electrons. The number of amides is 1. The fourth-order valence-corrected chi connectivity index (χ4v) is 6.11. The molecule has 9 nitrogen and oxygen atoms in total. The first-order valence-electron chi connectivity index (χ1n) is 9.02. The molecular formula is C18H19N5O4S2. The molecule has 29 heavy (non-hydrogen) atoms. The number of nitrogens with one attached hydrogen (secondary N) is 1. The van der Waals surface area contributed by atoms with Gasteiger partial charge in [0.25, 0.3) is 0 Å². The van der Waals surface area contributed by atoms with Crippen LogP contribution in [0.5, 0.6) is 0 Å². The van der Waals surface area contributed by atoms with Gasteiger partial charge in [0.15, 0.2) is 5.76 Å². The maximum atomic E-state index is 13.1. The van der Waals surface area contributed by atoms with Crippen LogP contribution in [0.15, 0.2) is 39.8 Å². The van der Waals surface area contributed by atoms with Gasteiger partial charge in [0.2, 0.25) is 21.1 Å². The number of anilines is 1. The predicted molar refractivity (Wildman–Crippen MR) is 107 cm³/mol. The third-order valence-electron chi connectivity index (χ3n) is 4.72. The highest BCUT2D eigenvalue weighted by atomic mass is 32.2. The summed E-state index contributed by atoms with van der Waals surface area (Å²) >= 11 is 1.24. The summed E-state index contributed by atoms with van der Waals surface area (Å²) in [5.74, 6) is -0.209. The molecule has 1 N–H and O–H groups in total. The lowest BCUT2D eigenvalue weighted by molar-refractivity contribution is -0.119. The van der Waals surface area contributed by atoms with E-state index in [4.69, 9.17) is 4.52 Å². The van der Waals surface area contributed by atoms with Crippen LogP contribution >= 0.6 is 11.3 Å². The molecule has 152 valence electrons. The smallest absolute Gasteiger partial charge is 0.249 e. The molecule has 3 aromatic rings. The van der Waals surface area contributed by atoms with E-state index >= 15 is 0 Å². The highest BCUT2D eigenvalue weighted by molar-refractivity contribution is 7.89. The molecule has 1 atom stereocenters. The van der Waals surface area contributed by atoms with Crippen LogP contribution in [0.2, 0.25) is 0 Å². The van der Waals surface area contributed by atoms with Gasteiger partial charge < -0.3 is 4.52 Å². The summed E-state index contributed by atoms with van der Waals surface area (Å²) in [4.78, 5) is 12.9. The van der Waals surface area contributed by atoms with E-state index in [1.165, 1.54) is 15.6 Å². The molecule has 1 aliphatic rings. The average molecular weight is 434 g/mol. The van der Waals surface area contributed by atoms with Crippen LogP contribution in [0.3, 0.4) is 0 Å². The molecule has 1 aliphatic heterocycles. The summed E-state index contributed by atoms with van der Waals surface area (Å²) in [5.41, 5.74) is 1.18. The van der Waals surface area contributed by atoms with Gasteiger partial charge in [-0.3, -0.25) is 10.1 Å². The Morgan fingerprint density at radius 3 is 2.69 bits per heavy atom. The minimum absolute atomic E-state index is 0.0273. The molecule has 3 heterocycles. The Morgan fingerprint density at radius 2 is 2.00 bits per heavy atom. The second kappa shape index (κ2) is 7.65. The number of aromatic nitrogens is 3. The van der Waals surface area contributed by atoms with Crippen molar-refractivity contribution in [3.8, 4) is 10.6 Å². The van der Waals surface area contributed by atoms with E-state index in [-0.39, 0.29) is 22.9 Å². The number of carbonyl (C=O) groups is 1. The molecule has 0 bridgehead atoms. The van der Waals surface area contributed by atoms with Crippen LogP contribution in [0.25, 0.3) is 10.6 Å². The van der Waals surface area contributed by atoms with E-state index in [0.29, 0.717) is 23.0 Å². The quantitative estimate of drug-likeness (QED) is 0.657. The van der Waals surface area contributed by atoms with Crippen molar-refractivity contribution in [3.63, 3.8) is 0 Å². The highest BCUT2D eigenvalue weighted by Gasteiger charge is 2.42. The van der Waals surface area contributed by atoms with Crippen molar-refractivity contribution in [2.24, 2.45) is 0 Å². The number of nitrogens with zero attached hydrogens (tertiary/aromatic N) is 4. The Labute approximate surface area is 171 Å². The van der Waals surface area contributed by atoms with Crippen LogP contribution in [-0.2, 0) is 14.8 Å². The molecule has 2 aromatic heterocycles. The summed E-state index contributed by atoms with van der Waals surface area (Å²) in [6.07, 6.45) is 1.02. The first kappa shape index (κ1) is 19.7. The molecule has 1 fully saturated rings. The Bertz CT molecular complexity index is 1120. The minimum atomic E-state index is -3.90. The van der Waals surface area contributed by atoms with Crippen LogP contribution in [0, 0.1) is 13.8 Å². The molecular weight excluding hydrogens is 414 g/mol. The van der Waals surface area contributed by atoms with Crippen LogP contribution in [0.1, 0.15) is 24.3 Å². The molecule has 11 heteroatoms. The second-order valence-corrected chi connectivity index (χ2v) is 9.50. The summed E-state index contributed by atoms with van der Waals surface area (Å²) in [6.45, 7) is 3.38. The van der Waals surface area contributed by atoms with Gasteiger partial charge in [-0.2, -0.15) is 4.31 Å². The largest absolute Gasteiger partial charge is 0.360 e. The molecule has 4 rings (SSSR count). The monoisotopic (exact) mass is 433 g/mol. The van der Waals surface area contributed by atoms with Gasteiger partial charge in [0, 0.05) is 12.1 Å². The second-order valence-electron chi connectivity index (χ2n) is 6.69. The van der Waals surface area contributed by atoms with Crippen molar-refractivity contribution in [2.75, 3.05) is 11.9 Å². The lowest BCUT2D eigenvalue weighted by Gasteiger charge is -2.22. The highest BCUT2D eigenvalue weighted by Crippen LogP contribution is 2.31. The minimum Gasteiger partial charge on any atom is -0.360 e. The summed E-state index contributed by atoms with van der Waals surface area (Å²) in [7, 11) is -3.90. The van der Waals surface area contributed by atoms with E-state index in [0.717, 1.165) is 5.56 Å². The average Bonchev–Trinajstić information content (AvgIpc) is 3.43. The maximum Gasteiger partial charge on any atom is 0.249 e. The van der Waals surface area contributed by atoms with Crippen molar-refractivity contribution in [3.05, 3.63) is 41.8 Å². The van der Waals surface area contributed by atoms with Crippen molar-refractivity contribution in [1.29, 1.82) is 0 Å². The first-order chi connectivity index (χ1) is 13.9. The predicted octanol–water partition coefficient (Wildman–Crippen LogP) is 2.60. The number of sulfonamides is 1. The third kappa shape index (κ3) is 3.68. The Hall–Kier alpha value is -2.63. The SMILES string of the molecule is Cc1noc(C)c1S(=O)(=O)N1CCC[C@@H]1C(=O)Nc1nnc(-c2ccccc2)s1. The third-order valence-corrected chi connectivity index (χ3v) is 7.76. The number of aryl methyl sites for hydroxylation is 2. The van der Waals surface area contributed by atoms with E-state index in [1.54, 1.807) is 13.8 Å². The molecule has 0 saturated carbocycles. The fraction of sp³-hybridized carbons (Fsp3) is 0.333. The molecule has 1 aromatic carbocycles. The maximum absolute atomic E-state index is 13.1. The van der Waals surface area contributed by atoms with Crippen molar-refractivity contribution in [2.45, 2.75) is 37.6 Å². The number of rotatable bonds is 5. The van der Waals surface area contributed by atoms with Crippen molar-refractivity contribution >= 4 is 32.4 Å². The van der Waals surface area contributed by atoms with Crippen molar-refractivity contribution < 1.29 is 17.7 Å². The molecule has 0 aliphatic carbocycles. The standard InChI is InChI=1S/C18H19N5O4S2/c1-11-15(12(2)27-22-11)29(25,26)23-10-6-9-14(23)16(24)19-18-21-20-17(28-18)13-7-4-3-5-8-13/h3-5,7-8,14H,6,9-10H2,1-2H3,(H,19,21,24)/t14-/m1/s1. The van der Waals surface area contributed by atoms with E-state index < -0.39 is 22.0 Å². The number of carbonyl (C=O) groups excluding carboxylic acids is 1. The zero-order valence-electron chi connectivity index (χ0n) is 15.8. The zero-order chi connectivity index (χ0) is 20.6. The number of benzene rings is 1. The van der Waals surface area contributed by atoms with Crippen LogP contribution in [0.4, 0.5) is 5.13 Å². The Morgan fingerprint density at radius 1 is 1.24 bits per heavy atom. The van der Waals surface area contributed by atoms with Gasteiger partial charge in [-0.15, -0.1) is 10.2 Å². The fourth-order valence-electron chi connectivity index (χ4n) is 3.41. The summed E-state index contributed by atoms with van der Waals surface area (Å²) in [5, 5.41) is 15.6. The van der Waals surface area contributed by atoms with E-state index in [2.05, 4.69) is 20.7 Å². The summed E-state index contributed by atoms with van der Waals surface area (Å²) < 4.78 is 32.4. The van der Waals surface area contributed by atoms with E-state index in [9.17, 15) is 13.2 Å². The zero-order valence-corrected chi connectivity index (χ0v) is 17.5. The van der Waals surface area contributed by atoms with Gasteiger partial charge in [-0.25, -0.2) is 8.42 Å². The van der Waals surface area contributed by atoms with E-state index in [1.807, 2.05) is 30.3 Å². The lowest BCUT2D eigenvalue weighted by Crippen LogP contribution is -2.43. The number of hydrogen-bond acceptors (Lipinski definition) is 8. The Kier molecular flexibility index (Phi) is 5.19. The molecule has 0 spiro atoms. The molecule has 1 saturated heterocycles. The summed E-state index contributed by atoms with van der Waals surface area (Å²) in [6, 6.07) is 8.68. The van der Waals surface area contributed by atoms with Gasteiger partial charge in [0.1, 0.15) is 21.6 Å². The normalized spacial score (nSPS) is 17.5. The molecule has 0 unspecified atom stereocenters. The van der Waals surface area contributed by atoms with Gasteiger partial charge >= 0.3 is 0 Å². The Balaban J connectivity index is 1.54. The molecule has 1 amide bonds. The van der Waals surface area contributed by atoms with Crippen molar-refractivity contribution in [1.82, 2.24) is 19.7 Å². The van der Waals surface area contributed by atoms with Crippen LogP contribution < -0.4 is 5.32 Å². The first-order valence-corrected chi connectivity index (χ1v) is 11.3. The van der Waals surface area contributed by atoms with Gasteiger partial charge in [-0.1, -0.05) is 46.8 Å². The van der Waals surface area contributed by atoms with Gasteiger partial charge in [-0.05, 0) is 26.7 Å². The topological polar surface area (TPSA) is 118 Å².